The van der Waals surface area contributed by atoms with E-state index in [1.54, 1.807) is 13.0 Å². The molecule has 0 spiro atoms. The molecule has 0 saturated heterocycles. The number of hydrogen-bond acceptors (Lipinski definition) is 5. The molecule has 1 saturated carbocycles. The normalized spacial score (nSPS) is 14.1. The number of anilines is 1. The molecule has 8 heteroatoms. The number of aliphatic carboxylic acids is 1. The SMILES string of the molecule is Cc1ccc2oc(-c3ccc(-c4ccc(C5(C(=O)[O-])CC5)cc4)cc3)c(NC(=O)O[C@H](C)c3ccccc3Cl)c2c1.[Na+]. The maximum Gasteiger partial charge on any atom is 1.00 e. The molecule has 1 fully saturated rings. The quantitative estimate of drug-likeness (QED) is 0.276. The summed E-state index contributed by atoms with van der Waals surface area (Å²) in [5.74, 6) is -0.498. The van der Waals surface area contributed by atoms with Gasteiger partial charge in [0.1, 0.15) is 11.7 Å². The zero-order valence-electron chi connectivity index (χ0n) is 23.6. The number of benzene rings is 4. The van der Waals surface area contributed by atoms with Crippen molar-refractivity contribution in [2.24, 2.45) is 0 Å². The number of fused-ring (bicyclic) bond motifs is 1. The van der Waals surface area contributed by atoms with Gasteiger partial charge in [-0.25, -0.2) is 4.79 Å². The summed E-state index contributed by atoms with van der Waals surface area (Å²) in [6.45, 7) is 3.75. The maximum atomic E-state index is 13.0. The van der Waals surface area contributed by atoms with Crippen molar-refractivity contribution in [3.63, 3.8) is 0 Å². The smallest absolute Gasteiger partial charge is 0.549 e. The van der Waals surface area contributed by atoms with Gasteiger partial charge >= 0.3 is 35.7 Å². The van der Waals surface area contributed by atoms with Crippen LogP contribution in [0.5, 0.6) is 0 Å². The summed E-state index contributed by atoms with van der Waals surface area (Å²) in [6.07, 6.45) is 0.0516. The molecule has 1 heterocycles. The van der Waals surface area contributed by atoms with Gasteiger partial charge in [0.05, 0.1) is 11.7 Å². The van der Waals surface area contributed by atoms with Gasteiger partial charge in [-0.3, -0.25) is 5.32 Å². The van der Waals surface area contributed by atoms with Gasteiger partial charge in [-0.2, -0.15) is 0 Å². The number of aryl methyl sites for hydroxylation is 1. The van der Waals surface area contributed by atoms with E-state index >= 15 is 0 Å². The first kappa shape index (κ1) is 29.9. The van der Waals surface area contributed by atoms with Crippen LogP contribution in [-0.4, -0.2) is 12.1 Å². The fraction of sp³-hybridized carbons (Fsp3) is 0.176. The van der Waals surface area contributed by atoms with Crippen LogP contribution in [0, 0.1) is 6.92 Å². The van der Waals surface area contributed by atoms with Crippen LogP contribution in [0.4, 0.5) is 10.5 Å². The van der Waals surface area contributed by atoms with Crippen LogP contribution >= 0.6 is 11.6 Å². The Morgan fingerprint density at radius 2 is 1.55 bits per heavy atom. The Kier molecular flexibility index (Phi) is 8.53. The molecular weight excluding hydrogens is 561 g/mol. The second-order valence-electron chi connectivity index (χ2n) is 10.5. The summed E-state index contributed by atoms with van der Waals surface area (Å²) in [4.78, 5) is 24.6. The number of nitrogens with one attached hydrogen (secondary N) is 1. The van der Waals surface area contributed by atoms with E-state index < -0.39 is 23.6 Å². The van der Waals surface area contributed by atoms with Crippen molar-refractivity contribution in [1.29, 1.82) is 0 Å². The summed E-state index contributed by atoms with van der Waals surface area (Å²) >= 11 is 6.29. The van der Waals surface area contributed by atoms with Crippen LogP contribution in [0.3, 0.4) is 0 Å². The molecule has 1 aromatic heterocycles. The number of ether oxygens (including phenoxy) is 1. The molecule has 42 heavy (non-hydrogen) atoms. The number of rotatable bonds is 7. The molecule has 1 N–H and O–H groups in total. The Morgan fingerprint density at radius 1 is 0.929 bits per heavy atom. The van der Waals surface area contributed by atoms with Gasteiger partial charge in [0.2, 0.25) is 0 Å². The predicted octanol–water partition coefficient (Wildman–Crippen LogP) is 4.82. The number of carbonyl (C=O) groups is 2. The van der Waals surface area contributed by atoms with Crippen molar-refractivity contribution in [1.82, 2.24) is 0 Å². The fourth-order valence-electron chi connectivity index (χ4n) is 5.23. The van der Waals surface area contributed by atoms with Crippen molar-refractivity contribution >= 4 is 40.3 Å². The van der Waals surface area contributed by atoms with Crippen molar-refractivity contribution in [2.45, 2.75) is 38.2 Å². The molecule has 6 rings (SSSR count). The Morgan fingerprint density at radius 3 is 2.17 bits per heavy atom. The van der Waals surface area contributed by atoms with Crippen molar-refractivity contribution < 1.29 is 53.4 Å². The van der Waals surface area contributed by atoms with Crippen LogP contribution in [0.1, 0.15) is 42.6 Å². The standard InChI is InChI=1S/C34H28ClNO5.Na/c1-20-7-16-29-27(19-20)30(36-33(39)40-21(2)26-5-3-4-6-28(26)35)31(41-29)24-10-8-22(9-11-24)23-12-14-25(15-13-23)34(17-18-34)32(37)38;/h3-16,19,21H,17-18H2,1-2H3,(H,36,39)(H,37,38);/q;+1/p-1/t21-;/m1./s1. The number of halogens is 1. The van der Waals surface area contributed by atoms with Gasteiger partial charge in [0, 0.05) is 27.0 Å². The molecule has 206 valence electrons. The first-order valence-electron chi connectivity index (χ1n) is 13.4. The van der Waals surface area contributed by atoms with Crippen LogP contribution < -0.4 is 40.0 Å². The Bertz CT molecular complexity index is 1770. The van der Waals surface area contributed by atoms with Crippen LogP contribution in [-0.2, 0) is 14.9 Å². The van der Waals surface area contributed by atoms with E-state index in [0.717, 1.165) is 33.2 Å². The van der Waals surface area contributed by atoms with Gasteiger partial charge in [-0.15, -0.1) is 0 Å². The average molecular weight is 588 g/mol. The second kappa shape index (κ2) is 12.0. The minimum absolute atomic E-state index is 0. The Balaban J connectivity index is 0.00000353. The first-order chi connectivity index (χ1) is 19.7. The van der Waals surface area contributed by atoms with E-state index in [2.05, 4.69) is 5.32 Å². The molecular formula is C34H27ClNNaO5. The molecule has 0 radical (unpaired) electrons. The van der Waals surface area contributed by atoms with E-state index in [1.165, 1.54) is 0 Å². The number of furan rings is 1. The van der Waals surface area contributed by atoms with E-state index in [4.69, 9.17) is 20.8 Å². The molecule has 1 aliphatic rings. The fourth-order valence-corrected chi connectivity index (χ4v) is 5.52. The number of carbonyl (C=O) groups excluding carboxylic acids is 2. The topological polar surface area (TPSA) is 91.6 Å². The molecule has 1 atom stereocenters. The van der Waals surface area contributed by atoms with Gasteiger partial charge in [0.25, 0.3) is 0 Å². The van der Waals surface area contributed by atoms with Crippen molar-refractivity contribution in [2.75, 3.05) is 5.32 Å². The molecule has 1 amide bonds. The number of amides is 1. The molecule has 0 bridgehead atoms. The molecule has 0 unspecified atom stereocenters. The molecule has 6 nitrogen and oxygen atoms in total. The molecule has 0 aliphatic heterocycles. The minimum atomic E-state index is -1.01. The van der Waals surface area contributed by atoms with E-state index in [9.17, 15) is 14.7 Å². The van der Waals surface area contributed by atoms with Crippen LogP contribution in [0.15, 0.2) is 95.4 Å². The average Bonchev–Trinajstić information content (AvgIpc) is 3.72. The van der Waals surface area contributed by atoms with Crippen molar-refractivity contribution in [3.05, 3.63) is 113 Å². The van der Waals surface area contributed by atoms with Crippen molar-refractivity contribution in [3.8, 4) is 22.5 Å². The van der Waals surface area contributed by atoms with Gasteiger partial charge in [-0.05, 0) is 61.6 Å². The third-order valence-corrected chi connectivity index (χ3v) is 8.10. The van der Waals surface area contributed by atoms with Crippen LogP contribution in [0.2, 0.25) is 5.02 Å². The zero-order chi connectivity index (χ0) is 28.7. The number of carboxylic acid groups (broad SMARTS) is 1. The van der Waals surface area contributed by atoms with E-state index in [0.29, 0.717) is 40.5 Å². The molecule has 5 aromatic rings. The van der Waals surface area contributed by atoms with E-state index in [1.807, 2.05) is 91.9 Å². The second-order valence-corrected chi connectivity index (χ2v) is 10.9. The Hall–Kier alpha value is -3.55. The summed E-state index contributed by atoms with van der Waals surface area (Å²) in [6, 6.07) is 28.4. The third-order valence-electron chi connectivity index (χ3n) is 7.76. The summed E-state index contributed by atoms with van der Waals surface area (Å²) < 4.78 is 11.9. The molecule has 1 aliphatic carbocycles. The van der Waals surface area contributed by atoms with Crippen LogP contribution in [0.25, 0.3) is 33.4 Å². The minimum Gasteiger partial charge on any atom is -0.549 e. The summed E-state index contributed by atoms with van der Waals surface area (Å²) in [5, 5.41) is 15.8. The third kappa shape index (κ3) is 5.72. The Labute approximate surface area is 270 Å². The predicted molar refractivity (Wildman–Crippen MR) is 158 cm³/mol. The van der Waals surface area contributed by atoms with Gasteiger partial charge < -0.3 is 19.1 Å². The van der Waals surface area contributed by atoms with E-state index in [-0.39, 0.29) is 29.6 Å². The number of carboxylic acids is 1. The monoisotopic (exact) mass is 587 g/mol. The number of hydrogen-bond donors (Lipinski definition) is 1. The van der Waals surface area contributed by atoms with Gasteiger partial charge in [-0.1, -0.05) is 90.0 Å². The largest absolute Gasteiger partial charge is 1.00 e. The summed E-state index contributed by atoms with van der Waals surface area (Å²) in [5.41, 5.74) is 5.56. The molecule has 4 aromatic carbocycles. The van der Waals surface area contributed by atoms with Gasteiger partial charge in [0.15, 0.2) is 5.76 Å². The maximum absolute atomic E-state index is 13.0. The summed E-state index contributed by atoms with van der Waals surface area (Å²) in [7, 11) is 0. The first-order valence-corrected chi connectivity index (χ1v) is 13.8. The zero-order valence-corrected chi connectivity index (χ0v) is 26.3.